The third-order valence-corrected chi connectivity index (χ3v) is 5.19. The summed E-state index contributed by atoms with van der Waals surface area (Å²) in [4.78, 5) is 0. The summed E-state index contributed by atoms with van der Waals surface area (Å²) in [5, 5.41) is 0.695. The van der Waals surface area contributed by atoms with Crippen LogP contribution < -0.4 is 0 Å². The largest absolute Gasteiger partial charge is 0.214 e. The number of hydrogen-bond acceptors (Lipinski definition) is 2. The maximum atomic E-state index is 12.2. The second kappa shape index (κ2) is 7.67. The zero-order chi connectivity index (χ0) is 12.8. The smallest absolute Gasteiger partial charge is 0.212 e. The molecule has 0 aliphatic rings. The molecule has 0 aromatic heterocycles. The van der Waals surface area contributed by atoms with Crippen LogP contribution in [-0.2, 0) is 10.0 Å². The van der Waals surface area contributed by atoms with Gasteiger partial charge < -0.3 is 0 Å². The van der Waals surface area contributed by atoms with Crippen LogP contribution in [0.3, 0.4) is 0 Å². The molecule has 0 rings (SSSR count). The van der Waals surface area contributed by atoms with E-state index in [1.54, 1.807) is 4.31 Å². The minimum absolute atomic E-state index is 0.140. The van der Waals surface area contributed by atoms with Crippen molar-refractivity contribution in [3.63, 3.8) is 0 Å². The van der Waals surface area contributed by atoms with Crippen LogP contribution in [0.25, 0.3) is 0 Å². The molecule has 3 nitrogen and oxygen atoms in total. The second-order valence-corrected chi connectivity index (χ2v) is 7.20. The molecule has 0 aliphatic carbocycles. The van der Waals surface area contributed by atoms with E-state index in [-0.39, 0.29) is 17.7 Å². The highest BCUT2D eigenvalue weighted by molar-refractivity contribution is 9.09. The van der Waals surface area contributed by atoms with Crippen LogP contribution in [0.5, 0.6) is 0 Å². The Labute approximate surface area is 109 Å². The van der Waals surface area contributed by atoms with Gasteiger partial charge in [-0.1, -0.05) is 43.6 Å². The lowest BCUT2D eigenvalue weighted by Crippen LogP contribution is -2.43. The van der Waals surface area contributed by atoms with E-state index >= 15 is 0 Å². The van der Waals surface area contributed by atoms with Crippen LogP contribution in [-0.4, -0.2) is 36.4 Å². The molecule has 0 fully saturated rings. The van der Waals surface area contributed by atoms with Crippen LogP contribution in [0.1, 0.15) is 40.5 Å². The van der Waals surface area contributed by atoms with E-state index in [9.17, 15) is 8.42 Å². The standard InChI is InChI=1S/C11H24BrNO2S/c1-5-11(6-2)13(8-7-12)16(14,15)9-10(3)4/h10-11H,5-9H2,1-4H3. The summed E-state index contributed by atoms with van der Waals surface area (Å²) in [6, 6.07) is 0.140. The number of sulfonamides is 1. The monoisotopic (exact) mass is 313 g/mol. The summed E-state index contributed by atoms with van der Waals surface area (Å²) < 4.78 is 26.1. The van der Waals surface area contributed by atoms with Crippen molar-refractivity contribution in [1.29, 1.82) is 0 Å². The quantitative estimate of drug-likeness (QED) is 0.646. The van der Waals surface area contributed by atoms with Crippen LogP contribution in [0.2, 0.25) is 0 Å². The van der Waals surface area contributed by atoms with Gasteiger partial charge in [0.2, 0.25) is 10.0 Å². The third-order valence-electron chi connectivity index (χ3n) is 2.56. The molecule has 0 aromatic rings. The van der Waals surface area contributed by atoms with E-state index in [4.69, 9.17) is 0 Å². The molecule has 5 heteroatoms. The topological polar surface area (TPSA) is 37.4 Å². The Morgan fingerprint density at radius 2 is 1.69 bits per heavy atom. The highest BCUT2D eigenvalue weighted by atomic mass is 79.9. The fourth-order valence-electron chi connectivity index (χ4n) is 1.85. The lowest BCUT2D eigenvalue weighted by molar-refractivity contribution is 0.316. The minimum Gasteiger partial charge on any atom is -0.212 e. The Morgan fingerprint density at radius 1 is 1.19 bits per heavy atom. The molecule has 0 radical (unpaired) electrons. The van der Waals surface area contributed by atoms with Crippen molar-refractivity contribution in [1.82, 2.24) is 4.31 Å². The summed E-state index contributed by atoms with van der Waals surface area (Å²) in [6.45, 7) is 8.54. The van der Waals surface area contributed by atoms with Crippen molar-refractivity contribution >= 4 is 26.0 Å². The predicted octanol–water partition coefficient (Wildman–Crippen LogP) is 2.86. The molecule has 0 atom stereocenters. The summed E-state index contributed by atoms with van der Waals surface area (Å²) in [6.07, 6.45) is 1.75. The molecule has 0 N–H and O–H groups in total. The zero-order valence-corrected chi connectivity index (χ0v) is 13.1. The highest BCUT2D eigenvalue weighted by Gasteiger charge is 2.27. The van der Waals surface area contributed by atoms with Crippen LogP contribution in [0.15, 0.2) is 0 Å². The summed E-state index contributed by atoms with van der Waals surface area (Å²) in [5.41, 5.74) is 0. The minimum atomic E-state index is -3.10. The first kappa shape index (κ1) is 16.4. The molecule has 0 unspecified atom stereocenters. The number of nitrogens with zero attached hydrogens (tertiary/aromatic N) is 1. The zero-order valence-electron chi connectivity index (χ0n) is 10.7. The van der Waals surface area contributed by atoms with Crippen molar-refractivity contribution in [3.8, 4) is 0 Å². The van der Waals surface area contributed by atoms with E-state index in [0.29, 0.717) is 11.9 Å². The van der Waals surface area contributed by atoms with Crippen molar-refractivity contribution in [2.24, 2.45) is 5.92 Å². The maximum absolute atomic E-state index is 12.2. The van der Waals surface area contributed by atoms with Crippen LogP contribution in [0.4, 0.5) is 0 Å². The van der Waals surface area contributed by atoms with Gasteiger partial charge in [-0.25, -0.2) is 8.42 Å². The second-order valence-electron chi connectivity index (χ2n) is 4.44. The van der Waals surface area contributed by atoms with E-state index < -0.39 is 10.0 Å². The highest BCUT2D eigenvalue weighted by Crippen LogP contribution is 2.16. The van der Waals surface area contributed by atoms with E-state index in [1.165, 1.54) is 0 Å². The Hall–Kier alpha value is 0.390. The van der Waals surface area contributed by atoms with Gasteiger partial charge in [0.1, 0.15) is 0 Å². The number of halogens is 1. The first-order valence-corrected chi connectivity index (χ1v) is 8.67. The summed E-state index contributed by atoms with van der Waals surface area (Å²) in [5.74, 6) is 0.424. The molecular formula is C11H24BrNO2S. The van der Waals surface area contributed by atoms with Gasteiger partial charge in [0.15, 0.2) is 0 Å². The molecule has 0 saturated carbocycles. The molecular weight excluding hydrogens is 290 g/mol. The lowest BCUT2D eigenvalue weighted by Gasteiger charge is -2.29. The maximum Gasteiger partial charge on any atom is 0.214 e. The third kappa shape index (κ3) is 5.15. The van der Waals surface area contributed by atoms with Crippen LogP contribution in [0, 0.1) is 5.92 Å². The molecule has 0 bridgehead atoms. The molecule has 98 valence electrons. The number of alkyl halides is 1. The van der Waals surface area contributed by atoms with E-state index in [2.05, 4.69) is 15.9 Å². The van der Waals surface area contributed by atoms with Gasteiger partial charge in [0.25, 0.3) is 0 Å². The SMILES string of the molecule is CCC(CC)N(CCBr)S(=O)(=O)CC(C)C. The van der Waals surface area contributed by atoms with Crippen molar-refractivity contribution < 1.29 is 8.42 Å². The number of rotatable bonds is 8. The van der Waals surface area contributed by atoms with Gasteiger partial charge in [0.05, 0.1) is 5.75 Å². The molecule has 16 heavy (non-hydrogen) atoms. The summed E-state index contributed by atoms with van der Waals surface area (Å²) in [7, 11) is -3.10. The van der Waals surface area contributed by atoms with Gasteiger partial charge in [-0.15, -0.1) is 0 Å². The Kier molecular flexibility index (Phi) is 7.85. The Balaban J connectivity index is 4.88. The van der Waals surface area contributed by atoms with Crippen molar-refractivity contribution in [2.75, 3.05) is 17.6 Å². The van der Waals surface area contributed by atoms with Gasteiger partial charge in [0, 0.05) is 17.9 Å². The molecule has 0 heterocycles. The molecule has 0 saturated heterocycles. The molecule has 0 aromatic carbocycles. The predicted molar refractivity (Wildman–Crippen MR) is 73.5 cm³/mol. The van der Waals surface area contributed by atoms with Gasteiger partial charge in [-0.3, -0.25) is 0 Å². The lowest BCUT2D eigenvalue weighted by atomic mass is 10.2. The molecule has 0 amide bonds. The average Bonchev–Trinajstić information content (AvgIpc) is 2.16. The average molecular weight is 314 g/mol. The van der Waals surface area contributed by atoms with Crippen molar-refractivity contribution in [2.45, 2.75) is 46.6 Å². The molecule has 0 aliphatic heterocycles. The van der Waals surface area contributed by atoms with Gasteiger partial charge >= 0.3 is 0 Å². The Bertz CT molecular complexity index is 274. The molecule has 0 spiro atoms. The fourth-order valence-corrected chi connectivity index (χ4v) is 4.62. The van der Waals surface area contributed by atoms with Crippen molar-refractivity contribution in [3.05, 3.63) is 0 Å². The normalized spacial score (nSPS) is 13.0. The fraction of sp³-hybridized carbons (Fsp3) is 1.00. The van der Waals surface area contributed by atoms with E-state index in [1.807, 2.05) is 27.7 Å². The first-order valence-electron chi connectivity index (χ1n) is 5.94. The number of hydrogen-bond donors (Lipinski definition) is 0. The van der Waals surface area contributed by atoms with E-state index in [0.717, 1.165) is 12.8 Å². The Morgan fingerprint density at radius 3 is 2.00 bits per heavy atom. The van der Waals surface area contributed by atoms with Gasteiger partial charge in [-0.05, 0) is 18.8 Å². The van der Waals surface area contributed by atoms with Crippen LogP contribution >= 0.6 is 15.9 Å². The van der Waals surface area contributed by atoms with Gasteiger partial charge in [-0.2, -0.15) is 4.31 Å². The summed E-state index contributed by atoms with van der Waals surface area (Å²) >= 11 is 3.33. The first-order chi connectivity index (χ1) is 7.38.